The Labute approximate surface area is 684 Å². The van der Waals surface area contributed by atoms with Crippen molar-refractivity contribution in [2.45, 2.75) is 194 Å². The van der Waals surface area contributed by atoms with Gasteiger partial charge < -0.3 is 62.2 Å². The van der Waals surface area contributed by atoms with E-state index in [0.717, 1.165) is 127 Å². The van der Waals surface area contributed by atoms with Gasteiger partial charge in [-0.2, -0.15) is 0 Å². The molecule has 14 rings (SSSR count). The number of phenolic OH excluding ortho intramolecular Hbond substituents is 1. The second-order valence-corrected chi connectivity index (χ2v) is 32.7. The summed E-state index contributed by atoms with van der Waals surface area (Å²) in [4.78, 5) is 52.2. The van der Waals surface area contributed by atoms with Crippen molar-refractivity contribution in [1.82, 2.24) is 15.0 Å². The molecule has 115 heavy (non-hydrogen) atoms. The molecule has 3 aliphatic rings. The van der Waals surface area contributed by atoms with Crippen molar-refractivity contribution in [2.75, 3.05) is 27.4 Å². The molecule has 0 radical (unpaired) electrons. The minimum atomic E-state index is -1.24. The lowest BCUT2D eigenvalue weighted by atomic mass is 9.78. The zero-order valence-corrected chi connectivity index (χ0v) is 70.6. The van der Waals surface area contributed by atoms with Crippen LogP contribution in [-0.2, 0) is 78.8 Å². The number of nitrogens with zero attached hydrogens (tertiary/aromatic N) is 3. The number of aromatic hydroxyl groups is 1. The third kappa shape index (κ3) is 22.9. The topological polar surface area (TPSA) is 232 Å². The van der Waals surface area contributed by atoms with Crippen LogP contribution in [0.5, 0.6) is 28.7 Å². The van der Waals surface area contributed by atoms with E-state index in [0.29, 0.717) is 46.0 Å². The number of ether oxygens (including phenoxy) is 9. The summed E-state index contributed by atoms with van der Waals surface area (Å²) in [7, 11) is 2.46. The number of rotatable bonds is 18. The number of aryl methyl sites for hydroxylation is 4. The molecule has 11 aromatic rings. The predicted octanol–water partition coefficient (Wildman–Crippen LogP) is 20.1. The molecule has 21 heteroatoms. The summed E-state index contributed by atoms with van der Waals surface area (Å²) < 4.78 is 64.1. The monoisotopic (exact) mass is 1620 g/mol. The fourth-order valence-corrected chi connectivity index (χ4v) is 14.0. The number of carboxylic acids is 1. The van der Waals surface area contributed by atoms with Gasteiger partial charge in [0.1, 0.15) is 42.0 Å². The summed E-state index contributed by atoms with van der Waals surface area (Å²) in [5.74, 6) is 1.67. The number of aliphatic carboxylic acids is 1. The highest BCUT2D eigenvalue weighted by Gasteiger charge is 2.52. The number of fused-ring (bicyclic) bond motifs is 5. The van der Waals surface area contributed by atoms with Crippen molar-refractivity contribution in [2.24, 2.45) is 0 Å². The number of pyridine rings is 3. The number of methoxy groups -OCH3 is 2. The van der Waals surface area contributed by atoms with E-state index in [4.69, 9.17) is 67.0 Å². The molecular weight excluding hydrogens is 1520 g/mol. The number of alkyl halides is 1. The van der Waals surface area contributed by atoms with Gasteiger partial charge in [-0.15, -0.1) is 0 Å². The van der Waals surface area contributed by atoms with Crippen LogP contribution in [0.1, 0.15) is 177 Å². The van der Waals surface area contributed by atoms with E-state index < -0.39 is 53.0 Å². The number of para-hydroxylation sites is 6. The number of carbonyl (C=O) groups is 3. The molecule has 3 aliphatic heterocycles. The first-order valence-electron chi connectivity index (χ1n) is 38.8. The van der Waals surface area contributed by atoms with Gasteiger partial charge in [0, 0.05) is 38.2 Å². The highest BCUT2D eigenvalue weighted by molar-refractivity contribution is 9.08. The number of phenols is 1. The fourth-order valence-electron chi connectivity index (χ4n) is 13.5. The number of esters is 2. The van der Waals surface area contributed by atoms with E-state index in [2.05, 4.69) is 60.7 Å². The molecule has 8 aromatic carbocycles. The first-order chi connectivity index (χ1) is 54.7. The van der Waals surface area contributed by atoms with Gasteiger partial charge in [0.25, 0.3) is 0 Å². The molecule has 19 nitrogen and oxygen atoms in total. The largest absolute Gasteiger partial charge is 0.508 e. The maximum atomic E-state index is 12.7. The lowest BCUT2D eigenvalue weighted by Crippen LogP contribution is -2.41. The number of hydrogen-bond donors (Lipinski definition) is 2. The number of benzene rings is 8. The van der Waals surface area contributed by atoms with Crippen LogP contribution in [0.2, 0.25) is 0 Å². The molecule has 604 valence electrons. The number of carbonyl (C=O) groups excluding carboxylic acids is 2. The predicted molar refractivity (Wildman–Crippen MR) is 455 cm³/mol. The van der Waals surface area contributed by atoms with E-state index in [1.165, 1.54) is 19.8 Å². The molecule has 0 amide bonds. The molecule has 0 unspecified atom stereocenters. The Morgan fingerprint density at radius 2 is 0.870 bits per heavy atom. The number of carboxylic acid groups (broad SMARTS) is 1. The van der Waals surface area contributed by atoms with Crippen molar-refractivity contribution >= 4 is 79.1 Å². The van der Waals surface area contributed by atoms with Crippen molar-refractivity contribution in [3.8, 4) is 39.9 Å². The van der Waals surface area contributed by atoms with Gasteiger partial charge in [0.15, 0.2) is 18.3 Å². The summed E-state index contributed by atoms with van der Waals surface area (Å²) in [5.41, 5.74) is 11.3. The third-order valence-electron chi connectivity index (χ3n) is 19.6. The van der Waals surface area contributed by atoms with Crippen molar-refractivity contribution < 1.29 is 76.5 Å². The zero-order chi connectivity index (χ0) is 83.0. The van der Waals surface area contributed by atoms with Crippen LogP contribution in [0.25, 0.3) is 43.8 Å². The van der Waals surface area contributed by atoms with Gasteiger partial charge in [0.2, 0.25) is 0 Å². The van der Waals surface area contributed by atoms with Gasteiger partial charge in [-0.25, -0.2) is 24.4 Å². The number of halogens is 1. The van der Waals surface area contributed by atoms with Crippen molar-refractivity contribution in [1.29, 1.82) is 0 Å². The lowest BCUT2D eigenvalue weighted by Gasteiger charge is -2.32. The molecule has 0 bridgehead atoms. The maximum Gasteiger partial charge on any atom is 0.494 e. The van der Waals surface area contributed by atoms with Crippen LogP contribution in [0.4, 0.5) is 0 Å². The molecular formula is C94H107BBrN3O16. The van der Waals surface area contributed by atoms with Crippen LogP contribution >= 0.6 is 15.9 Å². The van der Waals surface area contributed by atoms with Crippen molar-refractivity contribution in [3.63, 3.8) is 0 Å². The Bertz CT molecular complexity index is 5130. The summed E-state index contributed by atoms with van der Waals surface area (Å²) in [6, 6.07) is 63.5. The van der Waals surface area contributed by atoms with E-state index in [1.807, 2.05) is 240 Å². The molecule has 2 N–H and O–H groups in total. The quantitative estimate of drug-likeness (QED) is 0.0462. The molecule has 1 saturated heterocycles. The van der Waals surface area contributed by atoms with E-state index in [9.17, 15) is 19.5 Å². The van der Waals surface area contributed by atoms with Gasteiger partial charge >= 0.3 is 25.0 Å². The smallest absolute Gasteiger partial charge is 0.494 e. The maximum absolute atomic E-state index is 12.7. The first kappa shape index (κ1) is 87.1. The molecule has 3 aromatic heterocycles. The minimum absolute atomic E-state index is 0.0997. The average molecular weight is 1630 g/mol. The molecule has 0 spiro atoms. The highest BCUT2D eigenvalue weighted by Crippen LogP contribution is 2.44. The Morgan fingerprint density at radius 3 is 1.30 bits per heavy atom. The van der Waals surface area contributed by atoms with Gasteiger partial charge in [0.05, 0.1) is 89.1 Å². The SMILES string of the molecule is CC(C)(C)O[C@H](C(=O)O)c1c(COc2ccccc2)nc2ccccc2c1-c1ccc2c(c1)CCCO2.CC1(C)OB(c2ccc3c(c2)CCCO3)OC1(C)C.COC(=O)[C@@H](OC(C)(C)C)c1c(CBr)nc2ccccc2c1C.COC(=O)[C@@H](OC(C)(C)C)c1c(COc2ccccc2)nc2ccccc2c1C.Oc1ccccc1. The Morgan fingerprint density at radius 1 is 0.487 bits per heavy atom. The third-order valence-corrected chi connectivity index (χ3v) is 20.1. The zero-order valence-electron chi connectivity index (χ0n) is 69.1. The van der Waals surface area contributed by atoms with Crippen molar-refractivity contribution in [3.05, 3.63) is 256 Å². The van der Waals surface area contributed by atoms with E-state index >= 15 is 0 Å². The normalized spacial score (nSPS) is 14.8. The van der Waals surface area contributed by atoms with E-state index in [1.54, 1.807) is 24.3 Å². The average Bonchev–Trinajstić information content (AvgIpc) is 0.993. The lowest BCUT2D eigenvalue weighted by molar-refractivity contribution is -0.164. The second-order valence-electron chi connectivity index (χ2n) is 32.2. The van der Waals surface area contributed by atoms with Gasteiger partial charge in [-0.05, 0) is 241 Å². The van der Waals surface area contributed by atoms with Crippen LogP contribution < -0.4 is 24.4 Å². The second kappa shape index (κ2) is 38.5. The standard InChI is InChI=1S/C31H31NO5.C24H27NO4.C18H22BrNO3.C15H21BO3.C6H6O/c1-31(2,3)37-29(30(33)34)28-25(19-36-22-11-5-4-6-12-22)32-24-14-8-7-13-23(24)27(28)21-15-16-26-20(18-21)10-9-17-35-26;1-16-18-13-9-10-14-19(18)25-20(15-28-17-11-7-6-8-12-17)21(16)22(23(26)27-5)29-24(2,3)4;1-11-12-8-6-7-9-13(12)20-14(10-19)15(11)16(17(21)22-5)23-18(2,3)4;1-14(2)15(3,4)19-16(18-14)12-7-8-13-11(10-12)6-5-9-17-13;7-6-4-2-1-3-5-6/h4-8,11-16,18,29H,9-10,17,19H2,1-3H3,(H,33,34);6-14,22H,15H2,1-5H3;6-9,16H,10H2,1-5H3;7-8,10H,5-6,9H2,1-4H3;1-5,7H/t29-;22-;16-;;/m000../s1. The van der Waals surface area contributed by atoms with Gasteiger partial charge in [-0.3, -0.25) is 4.98 Å². The first-order valence-corrected chi connectivity index (χ1v) is 39.9. The number of hydrogen-bond acceptors (Lipinski definition) is 18. The van der Waals surface area contributed by atoms with Crippen LogP contribution in [0.15, 0.2) is 200 Å². The Balaban J connectivity index is 0.000000161. The minimum Gasteiger partial charge on any atom is -0.508 e. The summed E-state index contributed by atoms with van der Waals surface area (Å²) in [6.45, 7) is 31.2. The molecule has 0 aliphatic carbocycles. The Kier molecular flexibility index (Phi) is 29.1. The number of aromatic nitrogens is 3. The highest BCUT2D eigenvalue weighted by atomic mass is 79.9. The van der Waals surface area contributed by atoms with Gasteiger partial charge in [-0.1, -0.05) is 143 Å². The Hall–Kier alpha value is -10.3. The summed E-state index contributed by atoms with van der Waals surface area (Å²) >= 11 is 3.48. The molecule has 3 atom stereocenters. The fraction of sp³-hybridized carbons (Fsp3) is 0.362. The molecule has 1 fully saturated rings. The summed E-state index contributed by atoms with van der Waals surface area (Å²) in [6.07, 6.45) is 1.07. The summed E-state index contributed by atoms with van der Waals surface area (Å²) in [5, 5.41) is 22.4. The van der Waals surface area contributed by atoms with Crippen LogP contribution in [0, 0.1) is 13.8 Å². The molecule has 0 saturated carbocycles. The van der Waals surface area contributed by atoms with Crippen LogP contribution in [-0.4, -0.2) is 106 Å². The molecule has 6 heterocycles. The van der Waals surface area contributed by atoms with Crippen LogP contribution in [0.3, 0.4) is 0 Å². The van der Waals surface area contributed by atoms with E-state index in [-0.39, 0.29) is 31.5 Å².